The van der Waals surface area contributed by atoms with Gasteiger partial charge in [-0.25, -0.2) is 0 Å². The van der Waals surface area contributed by atoms with E-state index in [-0.39, 0.29) is 11.9 Å². The largest absolute Gasteiger partial charge is 0.349 e. The Morgan fingerprint density at radius 3 is 2.59 bits per heavy atom. The van der Waals surface area contributed by atoms with Crippen LogP contribution in [0.5, 0.6) is 0 Å². The van der Waals surface area contributed by atoms with Crippen molar-refractivity contribution in [3.05, 3.63) is 33.8 Å². The number of hydrogen-bond acceptors (Lipinski definition) is 1. The number of aryl methyl sites for hydroxylation is 1. The zero-order valence-corrected chi connectivity index (χ0v) is 12.3. The Bertz CT molecular complexity index is 370. The van der Waals surface area contributed by atoms with Gasteiger partial charge in [0.1, 0.15) is 0 Å². The molecule has 17 heavy (non-hydrogen) atoms. The average molecular weight is 298 g/mol. The molecule has 0 fully saturated rings. The van der Waals surface area contributed by atoms with Crippen LogP contribution in [0.4, 0.5) is 0 Å². The second kappa shape index (κ2) is 6.80. The molecule has 0 heterocycles. The van der Waals surface area contributed by atoms with Crippen LogP contribution in [0.3, 0.4) is 0 Å². The Kier molecular flexibility index (Phi) is 5.69. The Morgan fingerprint density at radius 1 is 1.35 bits per heavy atom. The summed E-state index contributed by atoms with van der Waals surface area (Å²) < 4.78 is 0.950. The van der Waals surface area contributed by atoms with E-state index in [0.717, 1.165) is 34.9 Å². The second-order valence-corrected chi connectivity index (χ2v) is 5.30. The lowest BCUT2D eigenvalue weighted by Gasteiger charge is -2.16. The number of rotatable bonds is 5. The molecule has 0 radical (unpaired) electrons. The number of benzene rings is 1. The van der Waals surface area contributed by atoms with Crippen LogP contribution in [0.1, 0.15) is 49.0 Å². The summed E-state index contributed by atoms with van der Waals surface area (Å²) in [6.45, 7) is 6.23. The molecule has 0 aliphatic rings. The first-order chi connectivity index (χ1) is 8.06. The van der Waals surface area contributed by atoms with Crippen molar-refractivity contribution in [2.45, 2.75) is 46.1 Å². The molecule has 0 bridgehead atoms. The highest BCUT2D eigenvalue weighted by Crippen LogP contribution is 2.15. The summed E-state index contributed by atoms with van der Waals surface area (Å²) >= 11 is 3.42. The summed E-state index contributed by atoms with van der Waals surface area (Å²) in [5.74, 6) is 0.0229. The van der Waals surface area contributed by atoms with Crippen LogP contribution in [0.2, 0.25) is 0 Å². The molecule has 94 valence electrons. The normalized spacial score (nSPS) is 12.2. The molecule has 1 aromatic carbocycles. The maximum atomic E-state index is 12.1. The van der Waals surface area contributed by atoms with Gasteiger partial charge in [-0.05, 0) is 43.5 Å². The molecule has 0 aliphatic carbocycles. The molecule has 1 amide bonds. The summed E-state index contributed by atoms with van der Waals surface area (Å²) in [5, 5.41) is 3.08. The molecule has 0 saturated carbocycles. The molecule has 0 spiro atoms. The number of carbonyl (C=O) groups excluding carboxylic acids is 1. The van der Waals surface area contributed by atoms with Crippen LogP contribution >= 0.6 is 15.9 Å². The van der Waals surface area contributed by atoms with Gasteiger partial charge < -0.3 is 5.32 Å². The van der Waals surface area contributed by atoms with Crippen LogP contribution in [-0.2, 0) is 0 Å². The monoisotopic (exact) mass is 297 g/mol. The molecule has 0 aromatic heterocycles. The van der Waals surface area contributed by atoms with Gasteiger partial charge in [-0.1, -0.05) is 36.2 Å². The van der Waals surface area contributed by atoms with Crippen LogP contribution in [0.25, 0.3) is 0 Å². The summed E-state index contributed by atoms with van der Waals surface area (Å²) in [6, 6.07) is 6.06. The minimum absolute atomic E-state index is 0.0229. The van der Waals surface area contributed by atoms with Crippen molar-refractivity contribution in [3.8, 4) is 0 Å². The molecule has 1 rings (SSSR count). The van der Waals surface area contributed by atoms with Gasteiger partial charge in [0.2, 0.25) is 0 Å². The van der Waals surface area contributed by atoms with Crippen molar-refractivity contribution in [1.29, 1.82) is 0 Å². The van der Waals surface area contributed by atoms with Crippen molar-refractivity contribution in [2.24, 2.45) is 0 Å². The van der Waals surface area contributed by atoms with Gasteiger partial charge >= 0.3 is 0 Å². The first-order valence-corrected chi connectivity index (χ1v) is 6.94. The third-order valence-electron chi connectivity index (χ3n) is 2.77. The van der Waals surface area contributed by atoms with E-state index in [1.54, 1.807) is 0 Å². The fraction of sp³-hybridized carbons (Fsp3) is 0.500. The van der Waals surface area contributed by atoms with Gasteiger partial charge in [0, 0.05) is 16.1 Å². The van der Waals surface area contributed by atoms with Crippen molar-refractivity contribution in [3.63, 3.8) is 0 Å². The highest BCUT2D eigenvalue weighted by molar-refractivity contribution is 9.10. The summed E-state index contributed by atoms with van der Waals surface area (Å²) in [7, 11) is 0. The van der Waals surface area contributed by atoms with E-state index >= 15 is 0 Å². The van der Waals surface area contributed by atoms with E-state index in [4.69, 9.17) is 0 Å². The van der Waals surface area contributed by atoms with Gasteiger partial charge in [0.15, 0.2) is 0 Å². The third kappa shape index (κ3) is 4.50. The average Bonchev–Trinajstić information content (AvgIpc) is 2.27. The van der Waals surface area contributed by atoms with E-state index in [1.165, 1.54) is 0 Å². The SMILES string of the molecule is CCCC(CC)NC(=O)c1cc(C)cc(Br)c1. The van der Waals surface area contributed by atoms with Crippen molar-refractivity contribution >= 4 is 21.8 Å². The Balaban J connectivity index is 2.75. The molecular formula is C14H20BrNO. The minimum atomic E-state index is 0.0229. The molecule has 2 nitrogen and oxygen atoms in total. The Labute approximate surface area is 112 Å². The summed E-state index contributed by atoms with van der Waals surface area (Å²) in [4.78, 5) is 12.1. The zero-order valence-electron chi connectivity index (χ0n) is 10.7. The lowest BCUT2D eigenvalue weighted by molar-refractivity contribution is 0.0933. The maximum absolute atomic E-state index is 12.1. The molecule has 1 unspecified atom stereocenters. The lowest BCUT2D eigenvalue weighted by atomic mass is 10.1. The minimum Gasteiger partial charge on any atom is -0.349 e. The fourth-order valence-electron chi connectivity index (χ4n) is 1.86. The summed E-state index contributed by atoms with van der Waals surface area (Å²) in [6.07, 6.45) is 3.11. The first kappa shape index (κ1) is 14.2. The standard InChI is InChI=1S/C14H20BrNO/c1-4-6-13(5-2)16-14(17)11-7-10(3)8-12(15)9-11/h7-9,13H,4-6H2,1-3H3,(H,16,17). The van der Waals surface area contributed by atoms with Crippen LogP contribution in [0.15, 0.2) is 22.7 Å². The molecule has 0 aliphatic heterocycles. The third-order valence-corrected chi connectivity index (χ3v) is 3.23. The Morgan fingerprint density at radius 2 is 2.06 bits per heavy atom. The molecular weight excluding hydrogens is 278 g/mol. The number of hydrogen-bond donors (Lipinski definition) is 1. The number of amides is 1. The van der Waals surface area contributed by atoms with Crippen LogP contribution in [-0.4, -0.2) is 11.9 Å². The second-order valence-electron chi connectivity index (χ2n) is 4.38. The molecule has 1 aromatic rings. The van der Waals surface area contributed by atoms with Crippen molar-refractivity contribution < 1.29 is 4.79 Å². The molecule has 1 N–H and O–H groups in total. The lowest BCUT2D eigenvalue weighted by Crippen LogP contribution is -2.34. The fourth-order valence-corrected chi connectivity index (χ4v) is 2.47. The van der Waals surface area contributed by atoms with Crippen molar-refractivity contribution in [2.75, 3.05) is 0 Å². The summed E-state index contributed by atoms with van der Waals surface area (Å²) in [5.41, 5.74) is 1.82. The molecule has 3 heteroatoms. The first-order valence-electron chi connectivity index (χ1n) is 6.14. The van der Waals surface area contributed by atoms with Gasteiger partial charge in [0.05, 0.1) is 0 Å². The highest BCUT2D eigenvalue weighted by Gasteiger charge is 2.12. The van der Waals surface area contributed by atoms with E-state index < -0.39 is 0 Å². The number of halogens is 1. The number of nitrogens with one attached hydrogen (secondary N) is 1. The van der Waals surface area contributed by atoms with E-state index in [0.29, 0.717) is 0 Å². The van der Waals surface area contributed by atoms with Crippen LogP contribution < -0.4 is 5.32 Å². The van der Waals surface area contributed by atoms with Crippen molar-refractivity contribution in [1.82, 2.24) is 5.32 Å². The van der Waals surface area contributed by atoms with Crippen LogP contribution in [0, 0.1) is 6.92 Å². The zero-order chi connectivity index (χ0) is 12.8. The molecule has 0 saturated heterocycles. The maximum Gasteiger partial charge on any atom is 0.251 e. The highest BCUT2D eigenvalue weighted by atomic mass is 79.9. The number of carbonyl (C=O) groups is 1. The van der Waals surface area contributed by atoms with Gasteiger partial charge in [-0.3, -0.25) is 4.79 Å². The predicted octanol–water partition coefficient (Wildman–Crippen LogP) is 4.07. The quantitative estimate of drug-likeness (QED) is 0.872. The van der Waals surface area contributed by atoms with E-state index in [9.17, 15) is 4.79 Å². The van der Waals surface area contributed by atoms with Gasteiger partial charge in [-0.2, -0.15) is 0 Å². The predicted molar refractivity (Wildman–Crippen MR) is 75.3 cm³/mol. The Hall–Kier alpha value is -0.830. The van der Waals surface area contributed by atoms with E-state index in [1.807, 2.05) is 25.1 Å². The van der Waals surface area contributed by atoms with Gasteiger partial charge in [-0.15, -0.1) is 0 Å². The smallest absolute Gasteiger partial charge is 0.251 e. The molecule has 1 atom stereocenters. The topological polar surface area (TPSA) is 29.1 Å². The van der Waals surface area contributed by atoms with Gasteiger partial charge in [0.25, 0.3) is 5.91 Å². The van der Waals surface area contributed by atoms with E-state index in [2.05, 4.69) is 35.1 Å².